The highest BCUT2D eigenvalue weighted by Gasteiger charge is 2.27. The smallest absolute Gasteiger partial charge is 0.249 e. The lowest BCUT2D eigenvalue weighted by atomic mass is 10.1. The summed E-state index contributed by atoms with van der Waals surface area (Å²) in [5.74, 6) is 0.104. The van der Waals surface area contributed by atoms with Crippen molar-refractivity contribution in [2.45, 2.75) is 25.9 Å². The van der Waals surface area contributed by atoms with Gasteiger partial charge in [-0.25, -0.2) is 0 Å². The van der Waals surface area contributed by atoms with Crippen molar-refractivity contribution in [3.8, 4) is 0 Å². The summed E-state index contributed by atoms with van der Waals surface area (Å²) in [6, 6.07) is 17.9. The molecular weight excluding hydrogens is 324 g/mol. The Labute approximate surface area is 153 Å². The third-order valence-corrected chi connectivity index (χ3v) is 4.74. The summed E-state index contributed by atoms with van der Waals surface area (Å²) in [7, 11) is 0. The van der Waals surface area contributed by atoms with Crippen molar-refractivity contribution in [2.24, 2.45) is 0 Å². The van der Waals surface area contributed by atoms with E-state index in [2.05, 4.69) is 28.6 Å². The van der Waals surface area contributed by atoms with Gasteiger partial charge in [-0.05, 0) is 48.7 Å². The zero-order valence-electron chi connectivity index (χ0n) is 14.8. The summed E-state index contributed by atoms with van der Waals surface area (Å²) >= 11 is 0. The number of nitrogens with zero attached hydrogens (tertiary/aromatic N) is 3. The van der Waals surface area contributed by atoms with E-state index in [0.29, 0.717) is 6.54 Å². The molecule has 0 spiro atoms. The molecule has 0 bridgehead atoms. The van der Waals surface area contributed by atoms with E-state index in [0.717, 1.165) is 29.9 Å². The number of anilines is 2. The predicted molar refractivity (Wildman–Crippen MR) is 103 cm³/mol. The van der Waals surface area contributed by atoms with Gasteiger partial charge in [-0.15, -0.1) is 0 Å². The standard InChI is InChI=1S/C21H22N4O/c1-16(21(26)25-13-10-18-7-2-3-9-20(18)25)23-19-8-4-6-17(14-19)15-24-12-5-11-22-24/h2-9,11-12,14,16,23H,10,13,15H2,1H3. The van der Waals surface area contributed by atoms with Gasteiger partial charge in [-0.1, -0.05) is 30.3 Å². The van der Waals surface area contributed by atoms with E-state index in [9.17, 15) is 4.79 Å². The number of fused-ring (bicyclic) bond motifs is 1. The SMILES string of the molecule is CC(Nc1cccc(Cn2cccn2)c1)C(=O)N1CCc2ccccc21. The number of para-hydroxylation sites is 1. The third kappa shape index (κ3) is 3.33. The van der Waals surface area contributed by atoms with E-state index in [4.69, 9.17) is 0 Å². The van der Waals surface area contributed by atoms with E-state index >= 15 is 0 Å². The molecule has 5 heteroatoms. The number of carbonyl (C=O) groups excluding carboxylic acids is 1. The molecule has 0 radical (unpaired) electrons. The van der Waals surface area contributed by atoms with Gasteiger partial charge in [0.2, 0.25) is 5.91 Å². The Hall–Kier alpha value is -3.08. The number of hydrogen-bond donors (Lipinski definition) is 1. The van der Waals surface area contributed by atoms with Crippen LogP contribution in [0.3, 0.4) is 0 Å². The number of carbonyl (C=O) groups is 1. The Bertz CT molecular complexity index is 904. The summed E-state index contributed by atoms with van der Waals surface area (Å²) in [6.45, 7) is 3.39. The zero-order chi connectivity index (χ0) is 17.9. The second kappa shape index (κ2) is 7.04. The Kier molecular flexibility index (Phi) is 4.44. The first kappa shape index (κ1) is 16.4. The molecule has 0 saturated heterocycles. The molecule has 1 aliphatic heterocycles. The number of aromatic nitrogens is 2. The second-order valence-corrected chi connectivity index (χ2v) is 6.64. The summed E-state index contributed by atoms with van der Waals surface area (Å²) in [6.07, 6.45) is 4.64. The minimum Gasteiger partial charge on any atom is -0.374 e. The molecule has 0 fully saturated rings. The third-order valence-electron chi connectivity index (χ3n) is 4.74. The summed E-state index contributed by atoms with van der Waals surface area (Å²) in [5, 5.41) is 7.59. The number of hydrogen-bond acceptors (Lipinski definition) is 3. The van der Waals surface area contributed by atoms with Gasteiger partial charge in [-0.2, -0.15) is 5.10 Å². The molecule has 26 heavy (non-hydrogen) atoms. The molecular formula is C21H22N4O. The second-order valence-electron chi connectivity index (χ2n) is 6.64. The largest absolute Gasteiger partial charge is 0.374 e. The number of nitrogens with one attached hydrogen (secondary N) is 1. The highest BCUT2D eigenvalue weighted by molar-refractivity contribution is 6.00. The van der Waals surface area contributed by atoms with Crippen molar-refractivity contribution in [2.75, 3.05) is 16.8 Å². The van der Waals surface area contributed by atoms with Crippen molar-refractivity contribution in [1.82, 2.24) is 9.78 Å². The fraction of sp³-hybridized carbons (Fsp3) is 0.238. The minimum atomic E-state index is -0.291. The van der Waals surface area contributed by atoms with Crippen LogP contribution in [-0.4, -0.2) is 28.3 Å². The molecule has 1 amide bonds. The molecule has 0 saturated carbocycles. The monoisotopic (exact) mass is 346 g/mol. The molecule has 4 rings (SSSR count). The van der Waals surface area contributed by atoms with Crippen molar-refractivity contribution in [1.29, 1.82) is 0 Å². The van der Waals surface area contributed by atoms with Crippen LogP contribution >= 0.6 is 0 Å². The topological polar surface area (TPSA) is 50.2 Å². The Morgan fingerprint density at radius 2 is 2.08 bits per heavy atom. The fourth-order valence-electron chi connectivity index (χ4n) is 3.45. The van der Waals surface area contributed by atoms with Crippen LogP contribution in [0.1, 0.15) is 18.1 Å². The molecule has 5 nitrogen and oxygen atoms in total. The zero-order valence-corrected chi connectivity index (χ0v) is 14.8. The normalized spacial score (nSPS) is 14.1. The Morgan fingerprint density at radius 1 is 1.19 bits per heavy atom. The first-order valence-corrected chi connectivity index (χ1v) is 8.93. The fourth-order valence-corrected chi connectivity index (χ4v) is 3.45. The lowest BCUT2D eigenvalue weighted by molar-refractivity contribution is -0.118. The highest BCUT2D eigenvalue weighted by atomic mass is 16.2. The van der Waals surface area contributed by atoms with Crippen LogP contribution in [0.2, 0.25) is 0 Å². The summed E-state index contributed by atoms with van der Waals surface area (Å²) in [5.41, 5.74) is 4.38. The maximum atomic E-state index is 12.9. The number of amides is 1. The van der Waals surface area contributed by atoms with E-state index < -0.39 is 0 Å². The summed E-state index contributed by atoms with van der Waals surface area (Å²) < 4.78 is 1.88. The molecule has 1 unspecified atom stereocenters. The molecule has 1 aromatic heterocycles. The lowest BCUT2D eigenvalue weighted by Crippen LogP contribution is -2.40. The average molecular weight is 346 g/mol. The highest BCUT2D eigenvalue weighted by Crippen LogP contribution is 2.28. The van der Waals surface area contributed by atoms with E-state index in [-0.39, 0.29) is 11.9 Å². The molecule has 132 valence electrons. The number of benzene rings is 2. The first-order valence-electron chi connectivity index (χ1n) is 8.93. The van der Waals surface area contributed by atoms with Gasteiger partial charge in [0, 0.05) is 30.3 Å². The maximum Gasteiger partial charge on any atom is 0.249 e. The lowest BCUT2D eigenvalue weighted by Gasteiger charge is -2.23. The summed E-state index contributed by atoms with van der Waals surface area (Å²) in [4.78, 5) is 14.8. The van der Waals surface area contributed by atoms with E-state index in [1.54, 1.807) is 6.20 Å². The van der Waals surface area contributed by atoms with Gasteiger partial charge in [0.25, 0.3) is 0 Å². The predicted octanol–water partition coefficient (Wildman–Crippen LogP) is 3.32. The molecule has 1 N–H and O–H groups in total. The van der Waals surface area contributed by atoms with Crippen LogP contribution in [0, 0.1) is 0 Å². The van der Waals surface area contributed by atoms with E-state index in [1.807, 2.05) is 59.1 Å². The van der Waals surface area contributed by atoms with Gasteiger partial charge in [0.1, 0.15) is 6.04 Å². The first-order chi connectivity index (χ1) is 12.7. The molecule has 2 aromatic carbocycles. The van der Waals surface area contributed by atoms with Crippen LogP contribution in [0.4, 0.5) is 11.4 Å². The Morgan fingerprint density at radius 3 is 2.92 bits per heavy atom. The van der Waals surface area contributed by atoms with Crippen LogP contribution in [0.25, 0.3) is 0 Å². The maximum absolute atomic E-state index is 12.9. The molecule has 1 atom stereocenters. The van der Waals surface area contributed by atoms with Gasteiger partial charge in [-0.3, -0.25) is 9.48 Å². The van der Waals surface area contributed by atoms with Crippen molar-refractivity contribution in [3.05, 3.63) is 78.1 Å². The molecule has 2 heterocycles. The average Bonchev–Trinajstić information content (AvgIpc) is 3.31. The van der Waals surface area contributed by atoms with E-state index in [1.165, 1.54) is 5.56 Å². The van der Waals surface area contributed by atoms with Crippen molar-refractivity contribution in [3.63, 3.8) is 0 Å². The van der Waals surface area contributed by atoms with Gasteiger partial charge in [0.05, 0.1) is 6.54 Å². The quantitative estimate of drug-likeness (QED) is 0.771. The van der Waals surface area contributed by atoms with Crippen LogP contribution in [0.5, 0.6) is 0 Å². The van der Waals surface area contributed by atoms with Crippen molar-refractivity contribution < 1.29 is 4.79 Å². The van der Waals surface area contributed by atoms with Gasteiger partial charge < -0.3 is 10.2 Å². The van der Waals surface area contributed by atoms with Crippen molar-refractivity contribution >= 4 is 17.3 Å². The van der Waals surface area contributed by atoms with Gasteiger partial charge in [0.15, 0.2) is 0 Å². The Balaban J connectivity index is 1.45. The molecule has 1 aliphatic rings. The molecule has 0 aliphatic carbocycles. The van der Waals surface area contributed by atoms with Gasteiger partial charge >= 0.3 is 0 Å². The van der Waals surface area contributed by atoms with Crippen LogP contribution in [0.15, 0.2) is 67.0 Å². The number of rotatable bonds is 5. The van der Waals surface area contributed by atoms with Crippen LogP contribution < -0.4 is 10.2 Å². The van der Waals surface area contributed by atoms with Crippen LogP contribution in [-0.2, 0) is 17.8 Å². The molecule has 3 aromatic rings. The minimum absolute atomic E-state index is 0.104.